The van der Waals surface area contributed by atoms with Gasteiger partial charge < -0.3 is 37.2 Å². The van der Waals surface area contributed by atoms with E-state index in [1.54, 1.807) is 0 Å². The Hall–Kier alpha value is -2.73. The summed E-state index contributed by atoms with van der Waals surface area (Å²) in [5.74, 6) is -4.39. The number of nitrogens with one attached hydrogen (secondary N) is 4. The van der Waals surface area contributed by atoms with E-state index in [4.69, 9.17) is 10.8 Å². The number of nitrogens with two attached hydrogens (primary N) is 1. The normalized spacial score (nSPS) is 18.9. The number of carbonyl (C=O) groups is 5. The van der Waals surface area contributed by atoms with E-state index in [-0.39, 0.29) is 11.8 Å². The van der Waals surface area contributed by atoms with Crippen LogP contribution < -0.4 is 27.0 Å². The highest BCUT2D eigenvalue weighted by Gasteiger charge is 2.31. The van der Waals surface area contributed by atoms with Gasteiger partial charge in [0, 0.05) is 0 Å². The molecule has 12 nitrogen and oxygen atoms in total. The number of aliphatic carboxylic acids is 1. The van der Waals surface area contributed by atoms with E-state index in [0.717, 1.165) is 6.42 Å². The number of carboxylic acid groups (broad SMARTS) is 1. The van der Waals surface area contributed by atoms with Gasteiger partial charge in [-0.2, -0.15) is 0 Å². The van der Waals surface area contributed by atoms with Crippen LogP contribution in [-0.4, -0.2) is 77.1 Å². The maximum absolute atomic E-state index is 12.7. The van der Waals surface area contributed by atoms with Crippen molar-refractivity contribution in [2.45, 2.75) is 63.7 Å². The summed E-state index contributed by atoms with van der Waals surface area (Å²) in [6, 6.07) is -4.40. The van der Waals surface area contributed by atoms with Crippen molar-refractivity contribution in [3.8, 4) is 0 Å². The van der Waals surface area contributed by atoms with Crippen molar-refractivity contribution >= 4 is 29.6 Å². The quantitative estimate of drug-likeness (QED) is 0.172. The van der Waals surface area contributed by atoms with Gasteiger partial charge in [-0.1, -0.05) is 13.8 Å². The third-order valence-electron chi connectivity index (χ3n) is 4.55. The molecule has 1 heterocycles. The van der Waals surface area contributed by atoms with E-state index in [2.05, 4.69) is 21.3 Å². The molecule has 0 bridgehead atoms. The second kappa shape index (κ2) is 12.1. The van der Waals surface area contributed by atoms with Crippen LogP contribution in [0.2, 0.25) is 0 Å². The molecule has 1 fully saturated rings. The van der Waals surface area contributed by atoms with E-state index in [1.165, 1.54) is 0 Å². The van der Waals surface area contributed by atoms with Gasteiger partial charge >= 0.3 is 5.97 Å². The maximum atomic E-state index is 12.7. The molecule has 30 heavy (non-hydrogen) atoms. The van der Waals surface area contributed by atoms with Crippen molar-refractivity contribution in [1.82, 2.24) is 21.3 Å². The van der Waals surface area contributed by atoms with Crippen LogP contribution in [-0.2, 0) is 24.0 Å². The summed E-state index contributed by atoms with van der Waals surface area (Å²) in [6.07, 6.45) is 1.15. The standard InChI is InChI=1S/C18H31N5O7/c1-9(2)6-11(21-15(26)10-4-3-5-20-10)16(27)23-13(8-24)17(28)22-12(18(29)30)7-14(19)25/h9-13,20,24H,3-8H2,1-2H3,(H2,19,25)(H,21,26)(H,22,28)(H,23,27)(H,29,30). The van der Waals surface area contributed by atoms with Gasteiger partial charge in [0.1, 0.15) is 18.1 Å². The van der Waals surface area contributed by atoms with Crippen molar-refractivity contribution in [3.05, 3.63) is 0 Å². The molecule has 4 amide bonds. The predicted octanol–water partition coefficient (Wildman–Crippen LogP) is -2.81. The molecular formula is C18H31N5O7. The zero-order chi connectivity index (χ0) is 22.8. The molecule has 1 aliphatic rings. The lowest BCUT2D eigenvalue weighted by Gasteiger charge is -2.25. The Kier molecular flexibility index (Phi) is 10.2. The van der Waals surface area contributed by atoms with E-state index in [1.807, 2.05) is 13.8 Å². The molecule has 1 aliphatic heterocycles. The fourth-order valence-corrected chi connectivity index (χ4v) is 3.02. The van der Waals surface area contributed by atoms with Crippen LogP contribution in [0.25, 0.3) is 0 Å². The topological polar surface area (TPSA) is 200 Å². The van der Waals surface area contributed by atoms with Gasteiger partial charge in [-0.3, -0.25) is 19.2 Å². The summed E-state index contributed by atoms with van der Waals surface area (Å²) in [5, 5.41) is 28.6. The molecule has 0 spiro atoms. The van der Waals surface area contributed by atoms with Crippen molar-refractivity contribution < 1.29 is 34.2 Å². The number of carboxylic acids is 1. The van der Waals surface area contributed by atoms with Gasteiger partial charge in [-0.15, -0.1) is 0 Å². The lowest BCUT2D eigenvalue weighted by Crippen LogP contribution is -2.58. The van der Waals surface area contributed by atoms with Crippen LogP contribution in [0.5, 0.6) is 0 Å². The van der Waals surface area contributed by atoms with Gasteiger partial charge in [0.2, 0.25) is 23.6 Å². The number of aliphatic hydroxyl groups is 1. The second-order valence-corrected chi connectivity index (χ2v) is 7.65. The lowest BCUT2D eigenvalue weighted by atomic mass is 10.0. The highest BCUT2D eigenvalue weighted by Crippen LogP contribution is 2.09. The van der Waals surface area contributed by atoms with Gasteiger partial charge in [0.15, 0.2) is 0 Å². The van der Waals surface area contributed by atoms with E-state index < -0.39 is 60.9 Å². The average Bonchev–Trinajstić information content (AvgIpc) is 3.18. The third kappa shape index (κ3) is 8.33. The predicted molar refractivity (Wildman–Crippen MR) is 105 cm³/mol. The Bertz CT molecular complexity index is 649. The van der Waals surface area contributed by atoms with Crippen molar-refractivity contribution in [2.24, 2.45) is 11.7 Å². The molecular weight excluding hydrogens is 398 g/mol. The number of hydrogen-bond acceptors (Lipinski definition) is 7. The SMILES string of the molecule is CC(C)CC(NC(=O)C1CCCN1)C(=O)NC(CO)C(=O)NC(CC(N)=O)C(=O)O. The van der Waals surface area contributed by atoms with E-state index in [9.17, 15) is 29.1 Å². The molecule has 4 unspecified atom stereocenters. The van der Waals surface area contributed by atoms with Crippen LogP contribution in [0.4, 0.5) is 0 Å². The summed E-state index contributed by atoms with van der Waals surface area (Å²) in [6.45, 7) is 3.62. The summed E-state index contributed by atoms with van der Waals surface area (Å²) >= 11 is 0. The highest BCUT2D eigenvalue weighted by atomic mass is 16.4. The highest BCUT2D eigenvalue weighted by molar-refractivity contribution is 5.95. The average molecular weight is 429 g/mol. The summed E-state index contributed by atoms with van der Waals surface area (Å²) in [5.41, 5.74) is 4.96. The Morgan fingerprint density at radius 1 is 1.03 bits per heavy atom. The first-order valence-electron chi connectivity index (χ1n) is 9.81. The molecule has 4 atom stereocenters. The Labute approximate surface area is 174 Å². The van der Waals surface area contributed by atoms with Crippen LogP contribution >= 0.6 is 0 Å². The Morgan fingerprint density at radius 3 is 2.10 bits per heavy atom. The Morgan fingerprint density at radius 2 is 1.63 bits per heavy atom. The first-order chi connectivity index (χ1) is 14.0. The molecule has 0 aromatic rings. The second-order valence-electron chi connectivity index (χ2n) is 7.65. The van der Waals surface area contributed by atoms with Crippen LogP contribution in [0.3, 0.4) is 0 Å². The van der Waals surface area contributed by atoms with Crippen molar-refractivity contribution in [2.75, 3.05) is 13.2 Å². The fraction of sp³-hybridized carbons (Fsp3) is 0.722. The number of amides is 4. The number of aliphatic hydroxyl groups excluding tert-OH is 1. The number of primary amides is 1. The van der Waals surface area contributed by atoms with Crippen LogP contribution in [0.15, 0.2) is 0 Å². The van der Waals surface area contributed by atoms with Crippen molar-refractivity contribution in [3.63, 3.8) is 0 Å². The third-order valence-corrected chi connectivity index (χ3v) is 4.55. The van der Waals surface area contributed by atoms with E-state index >= 15 is 0 Å². The smallest absolute Gasteiger partial charge is 0.326 e. The molecule has 0 aliphatic carbocycles. The fourth-order valence-electron chi connectivity index (χ4n) is 3.02. The van der Waals surface area contributed by atoms with Crippen LogP contribution in [0.1, 0.15) is 39.5 Å². The summed E-state index contributed by atoms with van der Waals surface area (Å²) in [4.78, 5) is 59.4. The molecule has 8 N–H and O–H groups in total. The minimum atomic E-state index is -1.60. The largest absolute Gasteiger partial charge is 0.480 e. The number of carbonyl (C=O) groups excluding carboxylic acids is 4. The molecule has 1 rings (SSSR count). The number of rotatable bonds is 12. The lowest BCUT2D eigenvalue weighted by molar-refractivity contribution is -0.144. The first-order valence-corrected chi connectivity index (χ1v) is 9.81. The van der Waals surface area contributed by atoms with Gasteiger partial charge in [-0.25, -0.2) is 4.79 Å². The van der Waals surface area contributed by atoms with Gasteiger partial charge in [0.25, 0.3) is 0 Å². The van der Waals surface area contributed by atoms with Crippen molar-refractivity contribution in [1.29, 1.82) is 0 Å². The minimum absolute atomic E-state index is 0.0472. The number of hydrogen-bond donors (Lipinski definition) is 7. The zero-order valence-corrected chi connectivity index (χ0v) is 17.1. The molecule has 0 aromatic carbocycles. The monoisotopic (exact) mass is 429 g/mol. The molecule has 170 valence electrons. The molecule has 0 saturated carbocycles. The van der Waals surface area contributed by atoms with Crippen LogP contribution in [0, 0.1) is 5.92 Å². The molecule has 1 saturated heterocycles. The Balaban J connectivity index is 2.79. The molecule has 12 heteroatoms. The zero-order valence-electron chi connectivity index (χ0n) is 17.1. The maximum Gasteiger partial charge on any atom is 0.326 e. The van der Waals surface area contributed by atoms with Gasteiger partial charge in [0.05, 0.1) is 19.1 Å². The molecule has 0 aromatic heterocycles. The summed E-state index contributed by atoms with van der Waals surface area (Å²) in [7, 11) is 0. The first kappa shape index (κ1) is 25.3. The molecule has 0 radical (unpaired) electrons. The minimum Gasteiger partial charge on any atom is -0.480 e. The van der Waals surface area contributed by atoms with E-state index in [0.29, 0.717) is 19.4 Å². The summed E-state index contributed by atoms with van der Waals surface area (Å²) < 4.78 is 0. The van der Waals surface area contributed by atoms with Gasteiger partial charge in [-0.05, 0) is 31.7 Å².